The number of para-hydroxylation sites is 1. The smallest absolute Gasteiger partial charge is 0.290 e. The summed E-state index contributed by atoms with van der Waals surface area (Å²) >= 11 is 0. The lowest BCUT2D eigenvalue weighted by atomic mass is 10.0. The molecule has 1 atom stereocenters. The molecule has 28 heavy (non-hydrogen) atoms. The fourth-order valence-corrected chi connectivity index (χ4v) is 4.27. The Morgan fingerprint density at radius 1 is 1.29 bits per heavy atom. The Bertz CT molecular complexity index is 1040. The predicted octanol–water partition coefficient (Wildman–Crippen LogP) is 3.54. The van der Waals surface area contributed by atoms with Gasteiger partial charge in [-0.3, -0.25) is 4.79 Å². The zero-order valence-corrected chi connectivity index (χ0v) is 16.1. The molecule has 1 amide bonds. The summed E-state index contributed by atoms with van der Waals surface area (Å²) in [6.45, 7) is 4.16. The van der Waals surface area contributed by atoms with Crippen molar-refractivity contribution < 1.29 is 9.21 Å². The molecule has 1 N–H and O–H groups in total. The largest absolute Gasteiger partial charge is 0.451 e. The van der Waals surface area contributed by atoms with Gasteiger partial charge in [0.15, 0.2) is 5.76 Å². The number of benzene rings is 1. The van der Waals surface area contributed by atoms with Gasteiger partial charge in [-0.25, -0.2) is 9.97 Å². The highest BCUT2D eigenvalue weighted by atomic mass is 16.3. The lowest BCUT2D eigenvalue weighted by molar-refractivity contribution is 0.0702. The molecule has 0 unspecified atom stereocenters. The number of piperidine rings is 1. The monoisotopic (exact) mass is 376 g/mol. The molecular formula is C22H24N4O2. The molecule has 1 saturated heterocycles. The average molecular weight is 376 g/mol. The number of fused-ring (bicyclic) bond motifs is 2. The normalized spacial score (nSPS) is 19.6. The fourth-order valence-electron chi connectivity index (χ4n) is 4.27. The summed E-state index contributed by atoms with van der Waals surface area (Å²) in [6, 6.07) is 8.04. The van der Waals surface area contributed by atoms with E-state index in [1.165, 1.54) is 12.8 Å². The minimum absolute atomic E-state index is 0.0580. The van der Waals surface area contributed by atoms with E-state index in [9.17, 15) is 4.79 Å². The van der Waals surface area contributed by atoms with Crippen LogP contribution in [0.3, 0.4) is 0 Å². The Balaban J connectivity index is 1.37. The molecule has 144 valence electrons. The number of amides is 1. The summed E-state index contributed by atoms with van der Waals surface area (Å²) in [7, 11) is 0. The first-order valence-electron chi connectivity index (χ1n) is 10.1. The van der Waals surface area contributed by atoms with Gasteiger partial charge in [0.1, 0.15) is 11.4 Å². The van der Waals surface area contributed by atoms with Crippen LogP contribution in [0.4, 0.5) is 0 Å². The summed E-state index contributed by atoms with van der Waals surface area (Å²) < 4.78 is 5.87. The van der Waals surface area contributed by atoms with E-state index < -0.39 is 0 Å². The lowest BCUT2D eigenvalue weighted by Gasteiger charge is -2.29. The van der Waals surface area contributed by atoms with Crippen molar-refractivity contribution in [2.75, 3.05) is 13.1 Å². The standard InChI is InChI=1S/C22H24N4O2/c1-14-16-6-2-3-8-19(16)28-20(14)22(27)26-11-9-17-15(13-26)12-24-21(25-17)18-7-4-5-10-23-18/h2-3,6,8,12,18,23H,4-5,7,9-11,13H2,1H3/t18-/m0/s1. The molecule has 0 aliphatic carbocycles. The van der Waals surface area contributed by atoms with Crippen LogP contribution in [0.5, 0.6) is 0 Å². The number of hydrogen-bond donors (Lipinski definition) is 1. The van der Waals surface area contributed by atoms with Gasteiger partial charge >= 0.3 is 0 Å². The average Bonchev–Trinajstić information content (AvgIpc) is 3.10. The number of furan rings is 1. The number of carbonyl (C=O) groups excluding carboxylic acids is 1. The van der Waals surface area contributed by atoms with Crippen molar-refractivity contribution in [3.63, 3.8) is 0 Å². The Labute approximate surface area is 164 Å². The maximum Gasteiger partial charge on any atom is 0.290 e. The minimum Gasteiger partial charge on any atom is -0.451 e. The van der Waals surface area contributed by atoms with Crippen LogP contribution in [-0.4, -0.2) is 33.9 Å². The number of nitrogens with one attached hydrogen (secondary N) is 1. The fraction of sp³-hybridized carbons (Fsp3) is 0.409. The second-order valence-electron chi connectivity index (χ2n) is 7.73. The van der Waals surface area contributed by atoms with E-state index in [-0.39, 0.29) is 11.9 Å². The number of aryl methyl sites for hydroxylation is 1. The highest BCUT2D eigenvalue weighted by Crippen LogP contribution is 2.28. The van der Waals surface area contributed by atoms with Crippen molar-refractivity contribution in [1.82, 2.24) is 20.2 Å². The number of hydrogen-bond acceptors (Lipinski definition) is 5. The number of aromatic nitrogens is 2. The van der Waals surface area contributed by atoms with Crippen molar-refractivity contribution in [1.29, 1.82) is 0 Å². The molecule has 0 bridgehead atoms. The molecule has 0 saturated carbocycles. The molecule has 3 aromatic rings. The zero-order chi connectivity index (χ0) is 19.1. The predicted molar refractivity (Wildman–Crippen MR) is 106 cm³/mol. The molecule has 2 aromatic heterocycles. The highest BCUT2D eigenvalue weighted by Gasteiger charge is 2.28. The van der Waals surface area contributed by atoms with E-state index in [1.54, 1.807) is 0 Å². The number of rotatable bonds is 2. The topological polar surface area (TPSA) is 71.3 Å². The molecule has 1 aromatic carbocycles. The van der Waals surface area contributed by atoms with E-state index in [0.717, 1.165) is 53.0 Å². The van der Waals surface area contributed by atoms with Crippen molar-refractivity contribution in [3.8, 4) is 0 Å². The highest BCUT2D eigenvalue weighted by molar-refractivity contribution is 5.99. The molecule has 5 rings (SSSR count). The molecule has 4 heterocycles. The maximum absolute atomic E-state index is 13.1. The van der Waals surface area contributed by atoms with Crippen LogP contribution >= 0.6 is 0 Å². The van der Waals surface area contributed by atoms with Crippen LogP contribution in [0, 0.1) is 6.92 Å². The third-order valence-corrected chi connectivity index (χ3v) is 5.90. The van der Waals surface area contributed by atoms with E-state index in [2.05, 4.69) is 10.3 Å². The van der Waals surface area contributed by atoms with Gasteiger partial charge in [0.25, 0.3) is 5.91 Å². The molecular weight excluding hydrogens is 352 g/mol. The molecule has 0 spiro atoms. The third-order valence-electron chi connectivity index (χ3n) is 5.90. The Hall–Kier alpha value is -2.73. The first kappa shape index (κ1) is 17.4. The van der Waals surface area contributed by atoms with Gasteiger partial charge in [-0.2, -0.15) is 0 Å². The summed E-state index contributed by atoms with van der Waals surface area (Å²) in [5.74, 6) is 1.28. The second-order valence-corrected chi connectivity index (χ2v) is 7.73. The molecule has 0 radical (unpaired) electrons. The van der Waals surface area contributed by atoms with E-state index in [1.807, 2.05) is 42.3 Å². The Morgan fingerprint density at radius 2 is 2.18 bits per heavy atom. The first-order valence-corrected chi connectivity index (χ1v) is 10.1. The van der Waals surface area contributed by atoms with E-state index in [0.29, 0.717) is 18.8 Å². The van der Waals surface area contributed by atoms with Crippen molar-refractivity contribution >= 4 is 16.9 Å². The zero-order valence-electron chi connectivity index (χ0n) is 16.1. The summed E-state index contributed by atoms with van der Waals surface area (Å²) in [6.07, 6.45) is 6.19. The Kier molecular flexibility index (Phi) is 4.36. The minimum atomic E-state index is -0.0580. The van der Waals surface area contributed by atoms with E-state index >= 15 is 0 Å². The van der Waals surface area contributed by atoms with Gasteiger partial charge in [0.05, 0.1) is 11.7 Å². The van der Waals surface area contributed by atoms with Crippen molar-refractivity contribution in [3.05, 3.63) is 58.9 Å². The third kappa shape index (κ3) is 2.98. The van der Waals surface area contributed by atoms with Crippen LogP contribution in [0.25, 0.3) is 11.0 Å². The van der Waals surface area contributed by atoms with Crippen LogP contribution in [0.15, 0.2) is 34.9 Å². The van der Waals surface area contributed by atoms with E-state index in [4.69, 9.17) is 9.40 Å². The van der Waals surface area contributed by atoms with Gasteiger partial charge in [-0.05, 0) is 32.4 Å². The molecule has 2 aliphatic heterocycles. The maximum atomic E-state index is 13.1. The quantitative estimate of drug-likeness (QED) is 0.741. The van der Waals surface area contributed by atoms with Crippen molar-refractivity contribution in [2.45, 2.75) is 45.2 Å². The molecule has 2 aliphatic rings. The van der Waals surface area contributed by atoms with Crippen molar-refractivity contribution in [2.24, 2.45) is 0 Å². The summed E-state index contributed by atoms with van der Waals surface area (Å²) in [5.41, 5.74) is 3.77. The van der Waals surface area contributed by atoms with Gasteiger partial charge < -0.3 is 14.6 Å². The van der Waals surface area contributed by atoms with Crippen LogP contribution in [-0.2, 0) is 13.0 Å². The van der Waals surface area contributed by atoms with Crippen LogP contribution in [0.2, 0.25) is 0 Å². The molecule has 6 heteroatoms. The number of nitrogens with zero attached hydrogens (tertiary/aromatic N) is 3. The second kappa shape index (κ2) is 7.02. The van der Waals surface area contributed by atoms with Gasteiger partial charge in [-0.1, -0.05) is 24.6 Å². The molecule has 1 fully saturated rings. The summed E-state index contributed by atoms with van der Waals surface area (Å²) in [5, 5.41) is 4.50. The lowest BCUT2D eigenvalue weighted by Crippen LogP contribution is -2.37. The Morgan fingerprint density at radius 3 is 3.00 bits per heavy atom. The van der Waals surface area contributed by atoms with Crippen LogP contribution in [0.1, 0.15) is 58.5 Å². The number of carbonyl (C=O) groups is 1. The molecule has 6 nitrogen and oxygen atoms in total. The van der Waals surface area contributed by atoms with Gasteiger partial charge in [0.2, 0.25) is 0 Å². The first-order chi connectivity index (χ1) is 13.7. The van der Waals surface area contributed by atoms with Gasteiger partial charge in [-0.15, -0.1) is 0 Å². The summed E-state index contributed by atoms with van der Waals surface area (Å²) in [4.78, 5) is 24.4. The SMILES string of the molecule is Cc1c(C(=O)N2CCc3nc([C@@H]4CCCCN4)ncc3C2)oc2ccccc12. The van der Waals surface area contributed by atoms with Gasteiger partial charge in [0, 0.05) is 42.2 Å². The van der Waals surface area contributed by atoms with Crippen LogP contribution < -0.4 is 5.32 Å².